The van der Waals surface area contributed by atoms with E-state index in [1.54, 1.807) is 12.1 Å². The van der Waals surface area contributed by atoms with Crippen molar-refractivity contribution in [1.82, 2.24) is 0 Å². The monoisotopic (exact) mass is 658 g/mol. The van der Waals surface area contributed by atoms with Crippen LogP contribution in [-0.2, 0) is 29.5 Å². The van der Waals surface area contributed by atoms with Gasteiger partial charge in [0.25, 0.3) is 0 Å². The molecule has 1 spiro atoms. The summed E-state index contributed by atoms with van der Waals surface area (Å²) >= 11 is 0. The number of rotatable bonds is 10. The maximum absolute atomic E-state index is 13.5. The van der Waals surface area contributed by atoms with Crippen molar-refractivity contribution in [1.29, 1.82) is 0 Å². The van der Waals surface area contributed by atoms with Gasteiger partial charge in [0.15, 0.2) is 0 Å². The molecule has 0 saturated heterocycles. The van der Waals surface area contributed by atoms with Gasteiger partial charge in [0.2, 0.25) is 0 Å². The van der Waals surface area contributed by atoms with E-state index in [1.807, 2.05) is 24.3 Å². The highest BCUT2D eigenvalue weighted by Crippen LogP contribution is 2.63. The number of ether oxygens (including phenoxy) is 4. The highest BCUT2D eigenvalue weighted by atomic mass is 16.5. The van der Waals surface area contributed by atoms with Crippen LogP contribution >= 0.6 is 0 Å². The summed E-state index contributed by atoms with van der Waals surface area (Å²) in [4.78, 5) is 13.5. The predicted molar refractivity (Wildman–Crippen MR) is 194 cm³/mol. The first kappa shape index (κ1) is 33.3. The third-order valence-corrected chi connectivity index (χ3v) is 10.9. The number of hydrogen-bond donors (Lipinski definition) is 0. The maximum Gasteiger partial charge on any atom is 0.343 e. The van der Waals surface area contributed by atoms with E-state index in [0.29, 0.717) is 31.1 Å². The third kappa shape index (κ3) is 6.69. The molecule has 2 aliphatic carbocycles. The van der Waals surface area contributed by atoms with E-state index in [4.69, 9.17) is 18.9 Å². The molecule has 5 heteroatoms. The summed E-state index contributed by atoms with van der Waals surface area (Å²) in [7, 11) is 0. The summed E-state index contributed by atoms with van der Waals surface area (Å²) < 4.78 is 24.7. The molecule has 4 aromatic carbocycles. The van der Waals surface area contributed by atoms with E-state index >= 15 is 0 Å². The fourth-order valence-corrected chi connectivity index (χ4v) is 8.71. The minimum absolute atomic E-state index is 0.0408. The molecule has 7 rings (SSSR count). The summed E-state index contributed by atoms with van der Waals surface area (Å²) in [5, 5.41) is 0. The summed E-state index contributed by atoms with van der Waals surface area (Å²) in [6.45, 7) is 13.1. The standard InChI is InChI=1S/C44H50O5/c1-6-7-8-9-10-11-20-46-33-12-14-34(15-13-33)49-41(45)32-22-30-21-31(23-32)27-48-36-17-19-38-40(25-36)44(29-43(38,4)5)28-42(2,3)37-18-16-35(47-26-30)24-39(37)44/h12-19,21-25H,6-11,20,26-29H2,1-5H3. The van der Waals surface area contributed by atoms with E-state index in [1.165, 1.54) is 54.4 Å². The van der Waals surface area contributed by atoms with Gasteiger partial charge in [-0.05, 0) is 130 Å². The summed E-state index contributed by atoms with van der Waals surface area (Å²) in [5.41, 5.74) is 7.75. The number of benzene rings is 4. The number of hydrogen-bond acceptors (Lipinski definition) is 5. The van der Waals surface area contributed by atoms with Crippen molar-refractivity contribution in [2.45, 2.75) is 115 Å². The van der Waals surface area contributed by atoms with Crippen LogP contribution in [0.4, 0.5) is 0 Å². The van der Waals surface area contributed by atoms with Gasteiger partial charge in [-0.3, -0.25) is 0 Å². The van der Waals surface area contributed by atoms with Crippen molar-refractivity contribution in [3.8, 4) is 23.0 Å². The molecule has 0 atom stereocenters. The van der Waals surface area contributed by atoms with E-state index in [0.717, 1.165) is 47.6 Å². The molecule has 6 bridgehead atoms. The van der Waals surface area contributed by atoms with Crippen molar-refractivity contribution in [3.63, 3.8) is 0 Å². The van der Waals surface area contributed by atoms with Gasteiger partial charge in [0.1, 0.15) is 36.2 Å². The normalized spacial score (nSPS) is 17.4. The lowest BCUT2D eigenvalue weighted by molar-refractivity contribution is 0.0734. The Bertz CT molecular complexity index is 1740. The first-order chi connectivity index (χ1) is 23.6. The van der Waals surface area contributed by atoms with Crippen LogP contribution in [0.25, 0.3) is 0 Å². The first-order valence-corrected chi connectivity index (χ1v) is 18.2. The van der Waals surface area contributed by atoms with Crippen LogP contribution in [0.1, 0.15) is 130 Å². The summed E-state index contributed by atoms with van der Waals surface area (Å²) in [5.74, 6) is 2.53. The van der Waals surface area contributed by atoms with Gasteiger partial charge in [-0.1, -0.05) is 78.9 Å². The fraction of sp³-hybridized carbons (Fsp3) is 0.432. The zero-order chi connectivity index (χ0) is 34.2. The molecular formula is C44H50O5. The number of carbonyl (C=O) groups excluding carboxylic acids is 1. The Kier molecular flexibility index (Phi) is 8.98. The minimum Gasteiger partial charge on any atom is -0.494 e. The summed E-state index contributed by atoms with van der Waals surface area (Å²) in [6.07, 6.45) is 9.45. The van der Waals surface area contributed by atoms with Crippen molar-refractivity contribution in [3.05, 3.63) is 118 Å². The predicted octanol–water partition coefficient (Wildman–Crippen LogP) is 10.8. The van der Waals surface area contributed by atoms with Gasteiger partial charge in [0, 0.05) is 5.41 Å². The van der Waals surface area contributed by atoms with Crippen molar-refractivity contribution in [2.75, 3.05) is 6.61 Å². The molecular weight excluding hydrogens is 608 g/mol. The lowest BCUT2D eigenvalue weighted by Gasteiger charge is -2.31. The van der Waals surface area contributed by atoms with Gasteiger partial charge in [0.05, 0.1) is 12.2 Å². The van der Waals surface area contributed by atoms with Crippen molar-refractivity contribution in [2.24, 2.45) is 0 Å². The van der Waals surface area contributed by atoms with Crippen LogP contribution in [0.2, 0.25) is 0 Å². The Labute approximate surface area is 291 Å². The molecule has 1 aliphatic heterocycles. The average molecular weight is 659 g/mol. The second-order valence-electron chi connectivity index (χ2n) is 15.7. The van der Waals surface area contributed by atoms with E-state index in [2.05, 4.69) is 77.1 Å². The Hall–Kier alpha value is -4.25. The van der Waals surface area contributed by atoms with Crippen LogP contribution < -0.4 is 18.9 Å². The molecule has 4 aromatic rings. The largest absolute Gasteiger partial charge is 0.494 e. The molecule has 0 aromatic heterocycles. The molecule has 0 radical (unpaired) electrons. The average Bonchev–Trinajstić information content (AvgIpc) is 3.45. The Morgan fingerprint density at radius 3 is 1.73 bits per heavy atom. The molecule has 0 amide bonds. The second-order valence-corrected chi connectivity index (χ2v) is 15.7. The highest BCUT2D eigenvalue weighted by molar-refractivity contribution is 5.91. The van der Waals surface area contributed by atoms with Gasteiger partial charge in [-0.15, -0.1) is 0 Å². The topological polar surface area (TPSA) is 54.0 Å². The maximum atomic E-state index is 13.5. The van der Waals surface area contributed by atoms with E-state index in [9.17, 15) is 4.79 Å². The van der Waals surface area contributed by atoms with E-state index in [-0.39, 0.29) is 16.2 Å². The molecule has 1 heterocycles. The third-order valence-electron chi connectivity index (χ3n) is 10.9. The van der Waals surface area contributed by atoms with Gasteiger partial charge in [-0.2, -0.15) is 0 Å². The minimum atomic E-state index is -0.422. The Morgan fingerprint density at radius 1 is 0.633 bits per heavy atom. The highest BCUT2D eigenvalue weighted by Gasteiger charge is 2.56. The number of carbonyl (C=O) groups is 1. The first-order valence-electron chi connectivity index (χ1n) is 18.2. The van der Waals surface area contributed by atoms with Gasteiger partial charge >= 0.3 is 5.97 Å². The molecule has 256 valence electrons. The molecule has 0 unspecified atom stereocenters. The molecule has 0 fully saturated rings. The number of esters is 1. The van der Waals surface area contributed by atoms with Crippen LogP contribution in [0.15, 0.2) is 78.9 Å². The fourth-order valence-electron chi connectivity index (χ4n) is 8.71. The van der Waals surface area contributed by atoms with Gasteiger partial charge in [-0.25, -0.2) is 4.79 Å². The second kappa shape index (κ2) is 13.2. The molecule has 0 N–H and O–H groups in total. The van der Waals surface area contributed by atoms with Crippen LogP contribution in [0.5, 0.6) is 23.0 Å². The number of unbranched alkanes of at least 4 members (excludes halogenated alkanes) is 5. The Balaban J connectivity index is 1.11. The van der Waals surface area contributed by atoms with Crippen molar-refractivity contribution >= 4 is 5.97 Å². The molecule has 49 heavy (non-hydrogen) atoms. The van der Waals surface area contributed by atoms with E-state index < -0.39 is 5.97 Å². The lowest BCUT2D eigenvalue weighted by Crippen LogP contribution is -2.27. The number of fused-ring (bicyclic) bond motifs is 4. The van der Waals surface area contributed by atoms with Gasteiger partial charge < -0.3 is 18.9 Å². The quantitative estimate of drug-likeness (QED) is 0.0964. The molecule has 0 saturated carbocycles. The smallest absolute Gasteiger partial charge is 0.343 e. The van der Waals surface area contributed by atoms with Crippen LogP contribution in [0, 0.1) is 0 Å². The molecule has 3 aliphatic rings. The zero-order valence-corrected chi connectivity index (χ0v) is 29.8. The zero-order valence-electron chi connectivity index (χ0n) is 29.8. The van der Waals surface area contributed by atoms with Crippen LogP contribution in [0.3, 0.4) is 0 Å². The lowest BCUT2D eigenvalue weighted by atomic mass is 9.72. The summed E-state index contributed by atoms with van der Waals surface area (Å²) in [6, 6.07) is 26.3. The molecule has 5 nitrogen and oxygen atoms in total. The Morgan fingerprint density at radius 2 is 1.16 bits per heavy atom. The SMILES string of the molecule is CCCCCCCCOc1ccc(OC(=O)c2cc3cc(c2)COc2ccc4c(c2)C2(CC(C)(C)c5ccc(cc52)OC3)CC4(C)C)cc1. The van der Waals surface area contributed by atoms with Crippen molar-refractivity contribution < 1.29 is 23.7 Å². The van der Waals surface area contributed by atoms with Crippen LogP contribution in [-0.4, -0.2) is 12.6 Å².